The first-order valence-corrected chi connectivity index (χ1v) is 7.66. The highest BCUT2D eigenvalue weighted by atomic mass is 19.4. The lowest BCUT2D eigenvalue weighted by Gasteiger charge is -2.10. The summed E-state index contributed by atoms with van der Waals surface area (Å²) in [5.74, 6) is -0.555. The van der Waals surface area contributed by atoms with E-state index in [1.165, 1.54) is 30.5 Å². The molecule has 3 N–H and O–H groups in total. The number of nitrogens with one attached hydrogen (secondary N) is 1. The van der Waals surface area contributed by atoms with E-state index in [2.05, 4.69) is 20.0 Å². The second-order valence-electron chi connectivity index (χ2n) is 5.40. The average Bonchev–Trinajstić information content (AvgIpc) is 2.62. The van der Waals surface area contributed by atoms with Gasteiger partial charge in [0.25, 0.3) is 0 Å². The number of ether oxygens (including phenoxy) is 1. The first-order valence-electron chi connectivity index (χ1n) is 7.66. The van der Waals surface area contributed by atoms with E-state index in [-0.39, 0.29) is 11.7 Å². The molecular weight excluding hydrogens is 361 g/mol. The summed E-state index contributed by atoms with van der Waals surface area (Å²) in [4.78, 5) is 19.5. The van der Waals surface area contributed by atoms with Gasteiger partial charge in [0.1, 0.15) is 5.75 Å². The first kappa shape index (κ1) is 18.2. The van der Waals surface area contributed by atoms with Gasteiger partial charge < -0.3 is 15.8 Å². The van der Waals surface area contributed by atoms with Crippen LogP contribution in [0.5, 0.6) is 5.75 Å². The van der Waals surface area contributed by atoms with Crippen LogP contribution in [0.3, 0.4) is 0 Å². The van der Waals surface area contributed by atoms with E-state index in [4.69, 9.17) is 5.73 Å². The molecule has 0 aliphatic carbocycles. The SMILES string of the molecule is NC(=O)c1ccc(Nc2nccc(-c3ccc(OC(F)(F)F)cc3)n2)cc1. The molecule has 2 aromatic carbocycles. The third kappa shape index (κ3) is 4.94. The van der Waals surface area contributed by atoms with Crippen molar-refractivity contribution in [3.05, 3.63) is 66.4 Å². The van der Waals surface area contributed by atoms with Crippen LogP contribution < -0.4 is 15.8 Å². The third-order valence-electron chi connectivity index (χ3n) is 3.46. The van der Waals surface area contributed by atoms with Crippen molar-refractivity contribution >= 4 is 17.5 Å². The molecular formula is C18H13F3N4O2. The number of amides is 1. The zero-order valence-corrected chi connectivity index (χ0v) is 13.7. The maximum atomic E-state index is 12.2. The molecule has 6 nitrogen and oxygen atoms in total. The van der Waals surface area contributed by atoms with Crippen LogP contribution in [-0.2, 0) is 0 Å². The van der Waals surface area contributed by atoms with E-state index < -0.39 is 12.3 Å². The number of halogens is 3. The van der Waals surface area contributed by atoms with Crippen LogP contribution in [-0.4, -0.2) is 22.2 Å². The van der Waals surface area contributed by atoms with Gasteiger partial charge in [-0.05, 0) is 54.6 Å². The number of nitrogens with zero attached hydrogens (tertiary/aromatic N) is 2. The Morgan fingerprint density at radius 3 is 2.26 bits per heavy atom. The van der Waals surface area contributed by atoms with Gasteiger partial charge in [0.2, 0.25) is 11.9 Å². The van der Waals surface area contributed by atoms with Gasteiger partial charge in [-0.25, -0.2) is 9.97 Å². The molecule has 0 bridgehead atoms. The van der Waals surface area contributed by atoms with Crippen LogP contribution >= 0.6 is 0 Å². The molecule has 0 radical (unpaired) electrons. The molecule has 1 amide bonds. The minimum absolute atomic E-state index is 0.287. The van der Waals surface area contributed by atoms with Crippen molar-refractivity contribution in [1.82, 2.24) is 9.97 Å². The number of aromatic nitrogens is 2. The zero-order valence-electron chi connectivity index (χ0n) is 13.7. The number of hydrogen-bond donors (Lipinski definition) is 2. The largest absolute Gasteiger partial charge is 0.573 e. The maximum absolute atomic E-state index is 12.2. The van der Waals surface area contributed by atoms with Crippen molar-refractivity contribution in [2.24, 2.45) is 5.73 Å². The molecule has 0 spiro atoms. The van der Waals surface area contributed by atoms with Gasteiger partial charge in [0.15, 0.2) is 0 Å². The molecule has 0 aliphatic heterocycles. The van der Waals surface area contributed by atoms with Crippen LogP contribution in [0, 0.1) is 0 Å². The van der Waals surface area contributed by atoms with Crippen molar-refractivity contribution in [2.75, 3.05) is 5.32 Å². The Balaban J connectivity index is 1.76. The second-order valence-corrected chi connectivity index (χ2v) is 5.40. The Morgan fingerprint density at radius 1 is 1.00 bits per heavy atom. The van der Waals surface area contributed by atoms with Crippen molar-refractivity contribution in [2.45, 2.75) is 6.36 Å². The Hall–Kier alpha value is -3.62. The van der Waals surface area contributed by atoms with Crippen molar-refractivity contribution < 1.29 is 22.7 Å². The molecule has 138 valence electrons. The lowest BCUT2D eigenvalue weighted by molar-refractivity contribution is -0.274. The molecule has 0 fully saturated rings. The Bertz CT molecular complexity index is 942. The fraction of sp³-hybridized carbons (Fsp3) is 0.0556. The predicted molar refractivity (Wildman–Crippen MR) is 92.4 cm³/mol. The quantitative estimate of drug-likeness (QED) is 0.707. The highest BCUT2D eigenvalue weighted by Gasteiger charge is 2.30. The molecule has 0 atom stereocenters. The van der Waals surface area contributed by atoms with E-state index in [1.54, 1.807) is 30.3 Å². The molecule has 9 heteroatoms. The summed E-state index contributed by atoms with van der Waals surface area (Å²) < 4.78 is 40.5. The van der Waals surface area contributed by atoms with Crippen LogP contribution in [0.4, 0.5) is 24.8 Å². The van der Waals surface area contributed by atoms with E-state index >= 15 is 0 Å². The summed E-state index contributed by atoms with van der Waals surface area (Å²) in [6, 6.07) is 13.4. The van der Waals surface area contributed by atoms with Crippen LogP contribution in [0.25, 0.3) is 11.3 Å². The van der Waals surface area contributed by atoms with Gasteiger partial charge in [-0.15, -0.1) is 13.2 Å². The lowest BCUT2D eigenvalue weighted by Crippen LogP contribution is -2.16. The number of alkyl halides is 3. The first-order chi connectivity index (χ1) is 12.8. The smallest absolute Gasteiger partial charge is 0.406 e. The Labute approximate surface area is 151 Å². The van der Waals surface area contributed by atoms with E-state index in [0.29, 0.717) is 22.5 Å². The molecule has 3 aromatic rings. The highest BCUT2D eigenvalue weighted by Crippen LogP contribution is 2.26. The molecule has 0 aliphatic rings. The maximum Gasteiger partial charge on any atom is 0.573 e. The van der Waals surface area contributed by atoms with Crippen molar-refractivity contribution in [3.63, 3.8) is 0 Å². The number of carbonyl (C=O) groups excluding carboxylic acids is 1. The second kappa shape index (κ2) is 7.32. The number of primary amides is 1. The summed E-state index contributed by atoms with van der Waals surface area (Å²) in [6.07, 6.45) is -3.22. The summed E-state index contributed by atoms with van der Waals surface area (Å²) >= 11 is 0. The number of rotatable bonds is 5. The normalized spacial score (nSPS) is 11.1. The van der Waals surface area contributed by atoms with Gasteiger partial charge >= 0.3 is 6.36 Å². The molecule has 3 rings (SSSR count). The molecule has 1 heterocycles. The monoisotopic (exact) mass is 374 g/mol. The fourth-order valence-electron chi connectivity index (χ4n) is 2.25. The van der Waals surface area contributed by atoms with Crippen LogP contribution in [0.15, 0.2) is 60.8 Å². The zero-order chi connectivity index (χ0) is 19.4. The number of carbonyl (C=O) groups is 1. The number of anilines is 2. The van der Waals surface area contributed by atoms with Gasteiger partial charge in [-0.2, -0.15) is 0 Å². The summed E-state index contributed by atoms with van der Waals surface area (Å²) in [5, 5.41) is 2.97. The minimum atomic E-state index is -4.74. The summed E-state index contributed by atoms with van der Waals surface area (Å²) in [7, 11) is 0. The molecule has 0 saturated heterocycles. The van der Waals surface area contributed by atoms with Gasteiger partial charge in [0, 0.05) is 23.0 Å². The van der Waals surface area contributed by atoms with Gasteiger partial charge in [0.05, 0.1) is 5.69 Å². The van der Waals surface area contributed by atoms with E-state index in [9.17, 15) is 18.0 Å². The van der Waals surface area contributed by atoms with Crippen molar-refractivity contribution in [3.8, 4) is 17.0 Å². The van der Waals surface area contributed by atoms with Crippen LogP contribution in [0.1, 0.15) is 10.4 Å². The summed E-state index contributed by atoms with van der Waals surface area (Å²) in [6.45, 7) is 0. The topological polar surface area (TPSA) is 90.1 Å². The average molecular weight is 374 g/mol. The Morgan fingerprint density at radius 2 is 1.67 bits per heavy atom. The van der Waals surface area contributed by atoms with E-state index in [1.807, 2.05) is 0 Å². The number of hydrogen-bond acceptors (Lipinski definition) is 5. The van der Waals surface area contributed by atoms with Gasteiger partial charge in [-0.1, -0.05) is 0 Å². The van der Waals surface area contributed by atoms with E-state index in [0.717, 1.165) is 0 Å². The summed E-state index contributed by atoms with van der Waals surface area (Å²) in [5.41, 5.74) is 7.32. The highest BCUT2D eigenvalue weighted by molar-refractivity contribution is 5.93. The molecule has 1 aromatic heterocycles. The van der Waals surface area contributed by atoms with Crippen LogP contribution in [0.2, 0.25) is 0 Å². The van der Waals surface area contributed by atoms with Gasteiger partial charge in [-0.3, -0.25) is 4.79 Å². The molecule has 27 heavy (non-hydrogen) atoms. The number of benzene rings is 2. The minimum Gasteiger partial charge on any atom is -0.406 e. The molecule has 0 saturated carbocycles. The van der Waals surface area contributed by atoms with Crippen molar-refractivity contribution in [1.29, 1.82) is 0 Å². The third-order valence-corrected chi connectivity index (χ3v) is 3.46. The predicted octanol–water partition coefficient (Wildman–Crippen LogP) is 3.88. The number of nitrogens with two attached hydrogens (primary N) is 1. The lowest BCUT2D eigenvalue weighted by atomic mass is 10.1. The molecule has 0 unspecified atom stereocenters. The standard InChI is InChI=1S/C18H13F3N4O2/c19-18(20,21)27-14-7-3-11(4-8-14)15-9-10-23-17(25-15)24-13-5-1-12(2-6-13)16(22)26/h1-10H,(H2,22,26)(H,23,24,25). The fourth-order valence-corrected chi connectivity index (χ4v) is 2.25. The Kier molecular flexibility index (Phi) is 4.93.